The minimum absolute atomic E-state index is 0.254. The number of nitrogens with one attached hydrogen (secondary N) is 1. The van der Waals surface area contributed by atoms with Gasteiger partial charge in [0.2, 0.25) is 0 Å². The fourth-order valence-corrected chi connectivity index (χ4v) is 2.82. The van der Waals surface area contributed by atoms with Gasteiger partial charge in [-0.2, -0.15) is 4.98 Å². The van der Waals surface area contributed by atoms with Gasteiger partial charge in [0, 0.05) is 17.3 Å². The van der Waals surface area contributed by atoms with Crippen LogP contribution in [0.5, 0.6) is 6.01 Å². The van der Waals surface area contributed by atoms with Crippen molar-refractivity contribution in [3.63, 3.8) is 0 Å². The van der Waals surface area contributed by atoms with E-state index in [0.29, 0.717) is 6.01 Å². The second-order valence-corrected chi connectivity index (χ2v) is 5.04. The molecule has 0 radical (unpaired) electrons. The normalized spacial score (nSPS) is 19.0. The van der Waals surface area contributed by atoms with Crippen LogP contribution in [0.25, 0.3) is 11.0 Å². The van der Waals surface area contributed by atoms with Gasteiger partial charge >= 0.3 is 6.01 Å². The summed E-state index contributed by atoms with van der Waals surface area (Å²) in [4.78, 5) is 11.7. The van der Waals surface area contributed by atoms with Crippen molar-refractivity contribution < 1.29 is 4.74 Å². The highest BCUT2D eigenvalue weighted by molar-refractivity contribution is 5.79. The summed E-state index contributed by atoms with van der Waals surface area (Å²) < 4.78 is 5.09. The molecule has 1 fully saturated rings. The highest BCUT2D eigenvalue weighted by Crippen LogP contribution is 2.37. The molecule has 1 saturated carbocycles. The predicted octanol–water partition coefficient (Wildman–Crippen LogP) is 2.08. The van der Waals surface area contributed by atoms with Crippen molar-refractivity contribution in [1.82, 2.24) is 15.0 Å². The molecule has 96 valence electrons. The van der Waals surface area contributed by atoms with Crippen LogP contribution < -0.4 is 10.5 Å². The van der Waals surface area contributed by atoms with Crippen LogP contribution in [0.3, 0.4) is 0 Å². The van der Waals surface area contributed by atoms with E-state index in [9.17, 15) is 0 Å². The van der Waals surface area contributed by atoms with E-state index in [1.807, 2.05) is 6.20 Å². The van der Waals surface area contributed by atoms with Gasteiger partial charge in [-0.1, -0.05) is 19.3 Å². The topological polar surface area (TPSA) is 76.8 Å². The number of nitrogens with zero attached hydrogens (tertiary/aromatic N) is 2. The third-order valence-corrected chi connectivity index (χ3v) is 3.86. The van der Waals surface area contributed by atoms with Gasteiger partial charge in [0.1, 0.15) is 5.52 Å². The maximum atomic E-state index is 6.56. The molecular formula is C13H18N4O. The summed E-state index contributed by atoms with van der Waals surface area (Å²) in [5, 5.41) is 0. The Morgan fingerprint density at radius 2 is 2.11 bits per heavy atom. The van der Waals surface area contributed by atoms with Gasteiger partial charge in [-0.3, -0.25) is 0 Å². The fourth-order valence-electron chi connectivity index (χ4n) is 2.82. The Bertz CT molecular complexity index is 557. The van der Waals surface area contributed by atoms with Crippen LogP contribution in [0.15, 0.2) is 12.4 Å². The second-order valence-electron chi connectivity index (χ2n) is 5.04. The third-order valence-electron chi connectivity index (χ3n) is 3.86. The van der Waals surface area contributed by atoms with Crippen molar-refractivity contribution >= 4 is 11.0 Å². The molecule has 0 bridgehead atoms. The number of H-pyrrole nitrogens is 1. The zero-order valence-electron chi connectivity index (χ0n) is 10.6. The Balaban J connectivity index is 2.10. The molecule has 2 aromatic heterocycles. The number of aromatic nitrogens is 3. The van der Waals surface area contributed by atoms with Crippen LogP contribution in [-0.2, 0) is 5.54 Å². The van der Waals surface area contributed by atoms with E-state index in [-0.39, 0.29) is 5.54 Å². The van der Waals surface area contributed by atoms with Crippen molar-refractivity contribution in [1.29, 1.82) is 0 Å². The van der Waals surface area contributed by atoms with E-state index in [0.717, 1.165) is 29.4 Å². The molecule has 0 aliphatic heterocycles. The van der Waals surface area contributed by atoms with Crippen LogP contribution in [-0.4, -0.2) is 22.1 Å². The lowest BCUT2D eigenvalue weighted by atomic mass is 9.78. The molecule has 0 amide bonds. The third kappa shape index (κ3) is 1.75. The fraction of sp³-hybridized carbons (Fsp3) is 0.538. The number of hydrogen-bond acceptors (Lipinski definition) is 4. The number of fused-ring (bicyclic) bond motifs is 1. The Morgan fingerprint density at radius 1 is 1.33 bits per heavy atom. The molecule has 3 N–H and O–H groups in total. The maximum Gasteiger partial charge on any atom is 0.316 e. The van der Waals surface area contributed by atoms with E-state index >= 15 is 0 Å². The average Bonchev–Trinajstić information content (AvgIpc) is 2.83. The summed E-state index contributed by atoms with van der Waals surface area (Å²) in [7, 11) is 1.58. The van der Waals surface area contributed by atoms with Gasteiger partial charge in [-0.25, -0.2) is 4.98 Å². The van der Waals surface area contributed by atoms with E-state index in [1.165, 1.54) is 19.3 Å². The molecule has 0 spiro atoms. The lowest BCUT2D eigenvalue weighted by molar-refractivity contribution is 0.304. The minimum Gasteiger partial charge on any atom is -0.467 e. The number of nitrogens with two attached hydrogens (primary N) is 1. The van der Waals surface area contributed by atoms with Crippen LogP contribution in [0, 0.1) is 0 Å². The first-order valence-corrected chi connectivity index (χ1v) is 6.40. The molecule has 0 saturated heterocycles. The van der Waals surface area contributed by atoms with Crippen LogP contribution in [0.2, 0.25) is 0 Å². The lowest BCUT2D eigenvalue weighted by Crippen LogP contribution is -2.38. The van der Waals surface area contributed by atoms with E-state index in [1.54, 1.807) is 13.3 Å². The van der Waals surface area contributed by atoms with Crippen molar-refractivity contribution in [3.05, 3.63) is 18.0 Å². The molecule has 2 heterocycles. The van der Waals surface area contributed by atoms with E-state index in [2.05, 4.69) is 15.0 Å². The van der Waals surface area contributed by atoms with Crippen molar-refractivity contribution in [2.75, 3.05) is 7.11 Å². The first-order chi connectivity index (χ1) is 8.73. The van der Waals surface area contributed by atoms with Crippen molar-refractivity contribution in [2.24, 2.45) is 5.73 Å². The zero-order valence-corrected chi connectivity index (χ0v) is 10.6. The average molecular weight is 246 g/mol. The maximum absolute atomic E-state index is 6.56. The highest BCUT2D eigenvalue weighted by atomic mass is 16.5. The first kappa shape index (κ1) is 11.5. The van der Waals surface area contributed by atoms with Gasteiger partial charge in [0.15, 0.2) is 0 Å². The van der Waals surface area contributed by atoms with Gasteiger partial charge in [0.05, 0.1) is 18.8 Å². The molecule has 1 aliphatic rings. The molecule has 0 unspecified atom stereocenters. The molecule has 3 rings (SSSR count). The van der Waals surface area contributed by atoms with Crippen LogP contribution in [0.4, 0.5) is 0 Å². The van der Waals surface area contributed by atoms with Crippen LogP contribution in [0.1, 0.15) is 37.7 Å². The summed E-state index contributed by atoms with van der Waals surface area (Å²) in [6.45, 7) is 0. The predicted molar refractivity (Wildman–Crippen MR) is 69.4 cm³/mol. The lowest BCUT2D eigenvalue weighted by Gasteiger charge is -2.32. The van der Waals surface area contributed by atoms with Crippen LogP contribution >= 0.6 is 0 Å². The zero-order chi connectivity index (χ0) is 12.6. The smallest absolute Gasteiger partial charge is 0.316 e. The molecule has 0 aromatic carbocycles. The molecular weight excluding hydrogens is 228 g/mol. The summed E-state index contributed by atoms with van der Waals surface area (Å²) in [5.41, 5.74) is 9.21. The Hall–Kier alpha value is -1.62. The van der Waals surface area contributed by atoms with Gasteiger partial charge in [0.25, 0.3) is 0 Å². The van der Waals surface area contributed by atoms with Gasteiger partial charge in [-0.05, 0) is 12.8 Å². The first-order valence-electron chi connectivity index (χ1n) is 6.40. The summed E-state index contributed by atoms with van der Waals surface area (Å²) in [6.07, 6.45) is 9.41. The second kappa shape index (κ2) is 4.24. The number of hydrogen-bond donors (Lipinski definition) is 2. The number of ether oxygens (including phenoxy) is 1. The van der Waals surface area contributed by atoms with Gasteiger partial charge in [-0.15, -0.1) is 0 Å². The number of aromatic amines is 1. The largest absolute Gasteiger partial charge is 0.467 e. The monoisotopic (exact) mass is 246 g/mol. The number of rotatable bonds is 2. The summed E-state index contributed by atoms with van der Waals surface area (Å²) >= 11 is 0. The molecule has 0 atom stereocenters. The Kier molecular flexibility index (Phi) is 2.70. The Morgan fingerprint density at radius 3 is 2.83 bits per heavy atom. The summed E-state index contributed by atoms with van der Waals surface area (Å²) in [6, 6.07) is 0.391. The van der Waals surface area contributed by atoms with Crippen molar-refractivity contribution in [2.45, 2.75) is 37.6 Å². The van der Waals surface area contributed by atoms with E-state index in [4.69, 9.17) is 10.5 Å². The molecule has 5 nitrogen and oxygen atoms in total. The molecule has 1 aliphatic carbocycles. The molecule has 18 heavy (non-hydrogen) atoms. The standard InChI is InChI=1S/C13H18N4O/c1-18-12-16-8-10-11(17-12)9(7-15-10)13(14)5-3-2-4-6-13/h7-8,15H,2-6,14H2,1H3. The SMILES string of the molecule is COc1ncc2[nH]cc(C3(N)CCCCC3)c2n1. The summed E-state index contributed by atoms with van der Waals surface area (Å²) in [5.74, 6) is 0. The number of methoxy groups -OCH3 is 1. The van der Waals surface area contributed by atoms with Crippen molar-refractivity contribution in [3.8, 4) is 6.01 Å². The quantitative estimate of drug-likeness (QED) is 0.850. The minimum atomic E-state index is -0.254. The molecule has 5 heteroatoms. The van der Waals surface area contributed by atoms with E-state index < -0.39 is 0 Å². The molecule has 2 aromatic rings. The van der Waals surface area contributed by atoms with Gasteiger partial charge < -0.3 is 15.5 Å². The highest BCUT2D eigenvalue weighted by Gasteiger charge is 2.32. The Labute approximate surface area is 106 Å².